The number of carbonyl (C=O) groups excluding carboxylic acids is 4. The number of anilines is 1. The molecule has 328 valence electrons. The van der Waals surface area contributed by atoms with Gasteiger partial charge in [0.05, 0.1) is 18.9 Å². The number of carbonyl (C=O) groups is 4. The van der Waals surface area contributed by atoms with Crippen molar-refractivity contribution in [3.8, 4) is 0 Å². The molecule has 0 spiro atoms. The normalized spacial score (nSPS) is 32.9. The fourth-order valence-corrected chi connectivity index (χ4v) is 11.9. The zero-order chi connectivity index (χ0) is 45.6. The number of esters is 2. The van der Waals surface area contributed by atoms with Gasteiger partial charge in [-0.3, -0.25) is 24.1 Å². The Balaban J connectivity index is 1.03. The second-order valence-corrected chi connectivity index (χ2v) is 19.0. The van der Waals surface area contributed by atoms with Gasteiger partial charge in [-0.1, -0.05) is 99.4 Å². The van der Waals surface area contributed by atoms with Crippen molar-refractivity contribution in [3.63, 3.8) is 0 Å². The van der Waals surface area contributed by atoms with E-state index >= 15 is 4.39 Å². The van der Waals surface area contributed by atoms with Gasteiger partial charge in [0.15, 0.2) is 6.61 Å². The van der Waals surface area contributed by atoms with Crippen LogP contribution < -0.4 is 5.32 Å². The van der Waals surface area contributed by atoms with Crippen molar-refractivity contribution >= 4 is 57.2 Å². The van der Waals surface area contributed by atoms with Gasteiger partial charge < -0.3 is 25.0 Å². The molecular formula is C49H61B2FN2O8. The van der Waals surface area contributed by atoms with Gasteiger partial charge in [0.2, 0.25) is 11.7 Å². The van der Waals surface area contributed by atoms with Gasteiger partial charge in [0.1, 0.15) is 39.6 Å². The number of nitrogens with zero attached hydrogens (tertiary/aromatic N) is 1. The zero-order valence-electron chi connectivity index (χ0n) is 37.5. The Bertz CT molecular complexity index is 2260. The second kappa shape index (κ2) is 17.0. The largest absolute Gasteiger partial charge is 0.461 e. The molecule has 4 aliphatic rings. The average molecular weight is 847 g/mol. The smallest absolute Gasteiger partial charge is 0.306 e. The number of halogens is 1. The third-order valence-corrected chi connectivity index (χ3v) is 15.6. The Morgan fingerprint density at radius 3 is 2.31 bits per heavy atom. The number of fused-ring (bicyclic) bond motifs is 5. The molecule has 5 unspecified atom stereocenters. The maximum atomic E-state index is 18.2. The van der Waals surface area contributed by atoms with Crippen LogP contribution in [0.5, 0.6) is 0 Å². The molecule has 0 aromatic heterocycles. The van der Waals surface area contributed by atoms with Gasteiger partial charge in [-0.25, -0.2) is 4.39 Å². The Labute approximate surface area is 367 Å². The number of aliphatic hydroxyl groups is 2. The van der Waals surface area contributed by atoms with Gasteiger partial charge in [0.25, 0.3) is 0 Å². The monoisotopic (exact) mass is 846 g/mol. The lowest BCUT2D eigenvalue weighted by Gasteiger charge is -2.72. The highest BCUT2D eigenvalue weighted by atomic mass is 19.1. The molecule has 0 saturated heterocycles. The molecule has 9 atom stereocenters. The second-order valence-electron chi connectivity index (χ2n) is 19.0. The molecule has 2 aromatic rings. The number of hydrogen-bond acceptors (Lipinski definition) is 9. The summed E-state index contributed by atoms with van der Waals surface area (Å²) in [6.45, 7) is 14.4. The summed E-state index contributed by atoms with van der Waals surface area (Å²) >= 11 is 0. The van der Waals surface area contributed by atoms with E-state index in [0.717, 1.165) is 27.8 Å². The van der Waals surface area contributed by atoms with Crippen LogP contribution in [0.4, 0.5) is 10.1 Å². The number of amides is 1. The molecule has 6 rings (SSSR count). The number of rotatable bonds is 14. The van der Waals surface area contributed by atoms with Gasteiger partial charge in [-0.05, 0) is 110 Å². The maximum Gasteiger partial charge on any atom is 0.306 e. The van der Waals surface area contributed by atoms with Gasteiger partial charge in [0, 0.05) is 16.5 Å². The Kier molecular flexibility index (Phi) is 12.8. The van der Waals surface area contributed by atoms with Crippen LogP contribution in [-0.2, 0) is 35.3 Å². The number of alkyl halides is 1. The summed E-state index contributed by atoms with van der Waals surface area (Å²) < 4.78 is 28.9. The van der Waals surface area contributed by atoms with Crippen LogP contribution in [0, 0.1) is 16.7 Å². The van der Waals surface area contributed by atoms with E-state index in [2.05, 4.69) is 18.5 Å². The molecule has 1 amide bonds. The van der Waals surface area contributed by atoms with Crippen molar-refractivity contribution in [1.29, 1.82) is 0 Å². The van der Waals surface area contributed by atoms with E-state index in [9.17, 15) is 29.4 Å². The first-order valence-corrected chi connectivity index (χ1v) is 21.5. The van der Waals surface area contributed by atoms with E-state index in [1.54, 1.807) is 55.2 Å². The van der Waals surface area contributed by atoms with Crippen LogP contribution in [-0.4, -0.2) is 92.5 Å². The summed E-state index contributed by atoms with van der Waals surface area (Å²) in [5.74, 6) is -3.03. The van der Waals surface area contributed by atoms with Crippen LogP contribution in [0.1, 0.15) is 94.5 Å². The minimum absolute atomic E-state index is 0.0651. The number of ether oxygens (including phenoxy) is 2. The summed E-state index contributed by atoms with van der Waals surface area (Å²) in [6, 6.07) is 12.1. The van der Waals surface area contributed by atoms with Crippen LogP contribution in [0.3, 0.4) is 0 Å². The van der Waals surface area contributed by atoms with E-state index in [4.69, 9.17) is 9.47 Å². The molecule has 3 saturated carbocycles. The summed E-state index contributed by atoms with van der Waals surface area (Å²) in [4.78, 5) is 54.9. The molecule has 0 aliphatic heterocycles. The van der Waals surface area contributed by atoms with Crippen LogP contribution in [0.15, 0.2) is 91.1 Å². The summed E-state index contributed by atoms with van der Waals surface area (Å²) in [6.07, 6.45) is 10.1. The number of benzene rings is 2. The van der Waals surface area contributed by atoms with E-state index in [-0.39, 0.29) is 31.8 Å². The quantitative estimate of drug-likeness (QED) is 0.149. The summed E-state index contributed by atoms with van der Waals surface area (Å²) in [5.41, 5.74) is -0.884. The number of hydrogen-bond donors (Lipinski definition) is 3. The van der Waals surface area contributed by atoms with Gasteiger partial charge in [-0.15, -0.1) is 0 Å². The lowest BCUT2D eigenvalue weighted by molar-refractivity contribution is -0.208. The first kappa shape index (κ1) is 46.7. The number of likely N-dealkylation sites (N-methyl/N-ethyl adjacent to an activating group) is 1. The lowest BCUT2D eigenvalue weighted by Crippen LogP contribution is -2.73. The SMILES string of the molecule is BC12CCC3=CC(=C)C=CC3(C)[C@@]1(F)C(O)CC1(C)[C@@]2(B)C[C@@H](C)[C@]1(O)C(=O)COC(=O)CCC(=O)OCc1ccc(C(C(=O)Nc2ccc(C=C)c(/C=C\C)c2)N(C)C)cc1. The number of Topliss-reactive ketones (excluding diaryl/α,β-unsaturated/α-hetero) is 1. The first-order valence-electron chi connectivity index (χ1n) is 21.5. The molecule has 13 heteroatoms. The van der Waals surface area contributed by atoms with Crippen molar-refractivity contribution in [1.82, 2.24) is 4.90 Å². The number of aliphatic hydroxyl groups excluding tert-OH is 1. The molecule has 0 bridgehead atoms. The topological polar surface area (TPSA) is 142 Å². The zero-order valence-corrected chi connectivity index (χ0v) is 37.5. The number of nitrogens with one attached hydrogen (secondary N) is 1. The first-order chi connectivity index (χ1) is 29.1. The molecular weight excluding hydrogens is 785 g/mol. The number of allylic oxidation sites excluding steroid dienone is 6. The molecule has 10 nitrogen and oxygen atoms in total. The molecule has 0 heterocycles. The van der Waals surface area contributed by atoms with E-state index in [1.807, 2.05) is 86.1 Å². The highest BCUT2D eigenvalue weighted by molar-refractivity contribution is 6.29. The molecule has 3 N–H and O–H groups in total. The minimum Gasteiger partial charge on any atom is -0.461 e. The van der Waals surface area contributed by atoms with Crippen LogP contribution in [0.25, 0.3) is 12.2 Å². The number of ketones is 1. The fraction of sp³-hybridized carbons (Fsp3) is 0.469. The molecule has 62 heavy (non-hydrogen) atoms. The fourth-order valence-electron chi connectivity index (χ4n) is 11.9. The third-order valence-electron chi connectivity index (χ3n) is 15.6. The van der Waals surface area contributed by atoms with Crippen molar-refractivity contribution < 1.29 is 43.3 Å². The summed E-state index contributed by atoms with van der Waals surface area (Å²) in [7, 11) is 7.43. The van der Waals surface area contributed by atoms with Crippen LogP contribution in [0.2, 0.25) is 10.6 Å². The van der Waals surface area contributed by atoms with Crippen molar-refractivity contribution in [3.05, 3.63) is 113 Å². The van der Waals surface area contributed by atoms with Crippen LogP contribution >= 0.6 is 0 Å². The standard InChI is InChI=1S/C49H61B2FN2O8/c1-9-11-35-25-37(17-16-33(35)10-2)53-43(59)42(54(7)8)34-14-12-32(13-15-34)28-61-40(57)18-19-41(58)62-29-39(56)48(60)31(4)26-47(51)45(48,6)27-38(55)49(52)44(5)22-20-30(3)24-36(44)21-23-46(47,49)50/h9-17,20,22,24-25,31,38,42,55,60H,2-3,18-19,21,23,26-29,50-51H2,1,4-8H3,(H,53,59)/b11-9-/t31-,38?,42?,44?,45?,46?,47+,48+,49+/m1/s1. The van der Waals surface area contributed by atoms with Crippen molar-refractivity contribution in [2.45, 2.75) is 107 Å². The lowest BCUT2D eigenvalue weighted by atomic mass is 9.24. The van der Waals surface area contributed by atoms with Gasteiger partial charge in [-0.2, -0.15) is 0 Å². The maximum absolute atomic E-state index is 18.2. The highest BCUT2D eigenvalue weighted by Gasteiger charge is 2.83. The molecule has 0 radical (unpaired) electrons. The Morgan fingerprint density at radius 1 is 1.02 bits per heavy atom. The van der Waals surface area contributed by atoms with Gasteiger partial charge >= 0.3 is 11.9 Å². The van der Waals surface area contributed by atoms with E-state index in [1.165, 1.54) is 0 Å². The Morgan fingerprint density at radius 2 is 1.68 bits per heavy atom. The van der Waals surface area contributed by atoms with E-state index < -0.39 is 75.1 Å². The summed E-state index contributed by atoms with van der Waals surface area (Å²) in [5, 5.41) is 25.3. The average Bonchev–Trinajstić information content (AvgIpc) is 3.38. The molecule has 2 aromatic carbocycles. The van der Waals surface area contributed by atoms with E-state index in [0.29, 0.717) is 30.5 Å². The third kappa shape index (κ3) is 7.27. The molecule has 4 aliphatic carbocycles. The molecule has 3 fully saturated rings. The van der Waals surface area contributed by atoms with Crippen molar-refractivity contribution in [2.75, 3.05) is 26.0 Å². The van der Waals surface area contributed by atoms with Crippen molar-refractivity contribution in [2.24, 2.45) is 16.7 Å². The predicted octanol–water partition coefficient (Wildman–Crippen LogP) is 6.23. The predicted molar refractivity (Wildman–Crippen MR) is 245 cm³/mol. The highest BCUT2D eigenvalue weighted by Crippen LogP contribution is 2.85. The minimum atomic E-state index is -2.10. The Hall–Kier alpha value is -4.84.